The van der Waals surface area contributed by atoms with Crippen molar-refractivity contribution in [3.8, 4) is 0 Å². The zero-order valence-electron chi connectivity index (χ0n) is 17.1. The van der Waals surface area contributed by atoms with Crippen molar-refractivity contribution in [1.82, 2.24) is 0 Å². The van der Waals surface area contributed by atoms with Crippen LogP contribution in [0.1, 0.15) is 21.5 Å². The Labute approximate surface area is 170 Å². The maximum Gasteiger partial charge on any atom is 0.193 e. The van der Waals surface area contributed by atoms with Crippen molar-refractivity contribution in [2.75, 3.05) is 0 Å². The summed E-state index contributed by atoms with van der Waals surface area (Å²) in [6.07, 6.45) is 2.25. The summed E-state index contributed by atoms with van der Waals surface area (Å²) in [5.41, 5.74) is 5.09. The second-order valence-corrected chi connectivity index (χ2v) is 23.6. The molecule has 0 bridgehead atoms. The molecule has 0 amide bonds. The largest absolute Gasteiger partial charge is 0.289 e. The third kappa shape index (κ3) is 4.32. The predicted octanol–water partition coefficient (Wildman–Crippen LogP) is 5.87. The van der Waals surface area contributed by atoms with Gasteiger partial charge >= 0.3 is 0 Å². The maximum atomic E-state index is 12.6. The van der Waals surface area contributed by atoms with E-state index in [1.54, 1.807) is 0 Å². The van der Waals surface area contributed by atoms with Crippen molar-refractivity contribution in [3.05, 3.63) is 107 Å². The number of hydrogen-bond acceptors (Lipinski definition) is 1. The minimum atomic E-state index is -1.55. The van der Waals surface area contributed by atoms with Gasteiger partial charge in [0.15, 0.2) is 5.78 Å². The lowest BCUT2D eigenvalue weighted by atomic mass is 10.0. The number of rotatable bonds is 6. The lowest BCUT2D eigenvalue weighted by Crippen LogP contribution is -2.61. The Morgan fingerprint density at radius 2 is 1.18 bits per heavy atom. The first-order chi connectivity index (χ1) is 13.3. The van der Waals surface area contributed by atoms with Gasteiger partial charge in [-0.05, 0) is 5.56 Å². The molecule has 0 unspecified atom stereocenters. The van der Waals surface area contributed by atoms with Gasteiger partial charge in [0.05, 0.1) is 15.2 Å². The first-order valence-electron chi connectivity index (χ1n) is 9.76. The number of ketones is 1. The van der Waals surface area contributed by atoms with Crippen LogP contribution in [-0.2, 0) is 0 Å². The molecule has 1 nitrogen and oxygen atoms in total. The normalized spacial score (nSPS) is 12.3. The molecule has 0 saturated heterocycles. The maximum absolute atomic E-state index is 12.6. The summed E-state index contributed by atoms with van der Waals surface area (Å²) in [5.74, 6) is 0.0726. The van der Waals surface area contributed by atoms with Crippen LogP contribution >= 0.6 is 0 Å². The van der Waals surface area contributed by atoms with Gasteiger partial charge in [-0.25, -0.2) is 0 Å². The lowest BCUT2D eigenvalue weighted by molar-refractivity contribution is 0.103. The Kier molecular flexibility index (Phi) is 5.97. The van der Waals surface area contributed by atoms with Crippen molar-refractivity contribution in [1.29, 1.82) is 0 Å². The number of carbonyl (C=O) groups is 1. The molecule has 0 aliphatic rings. The molecule has 3 aromatic carbocycles. The van der Waals surface area contributed by atoms with E-state index < -0.39 is 15.2 Å². The van der Waals surface area contributed by atoms with Gasteiger partial charge in [-0.15, -0.1) is 0 Å². The fraction of sp³-hybridized carbons (Fsp3) is 0.160. The zero-order valence-corrected chi connectivity index (χ0v) is 19.1. The van der Waals surface area contributed by atoms with Crippen LogP contribution in [0.15, 0.2) is 90.6 Å². The van der Waals surface area contributed by atoms with Crippen molar-refractivity contribution in [2.45, 2.75) is 26.2 Å². The molecule has 0 atom stereocenters. The third-order valence-electron chi connectivity index (χ3n) is 6.01. The standard InChI is InChI=1S/C25H28OSi2/c1-27(2,28(3,4)24-13-9-6-10-14-24)20-19-21-15-17-23(18-16-21)25(26)22-11-7-5-8-12-22/h5-20H,1-4H3/b20-19+. The summed E-state index contributed by atoms with van der Waals surface area (Å²) >= 11 is 0. The molecular weight excluding hydrogens is 372 g/mol. The van der Waals surface area contributed by atoms with Crippen molar-refractivity contribution in [2.24, 2.45) is 0 Å². The first kappa shape index (κ1) is 20.2. The van der Waals surface area contributed by atoms with Gasteiger partial charge in [0.25, 0.3) is 0 Å². The minimum Gasteiger partial charge on any atom is -0.289 e. The zero-order chi connectivity index (χ0) is 20.2. The van der Waals surface area contributed by atoms with E-state index >= 15 is 0 Å². The molecule has 3 heteroatoms. The topological polar surface area (TPSA) is 17.1 Å². The second kappa shape index (κ2) is 8.25. The van der Waals surface area contributed by atoms with Gasteiger partial charge in [0.2, 0.25) is 0 Å². The fourth-order valence-electron chi connectivity index (χ4n) is 3.24. The van der Waals surface area contributed by atoms with Gasteiger partial charge in [-0.1, -0.05) is 128 Å². The van der Waals surface area contributed by atoms with Crippen LogP contribution in [0, 0.1) is 0 Å². The second-order valence-electron chi connectivity index (χ2n) is 8.36. The molecule has 142 valence electrons. The molecule has 3 rings (SSSR count). The molecule has 0 aliphatic heterocycles. The Morgan fingerprint density at radius 1 is 0.679 bits per heavy atom. The van der Waals surface area contributed by atoms with Crippen LogP contribution in [0.25, 0.3) is 6.08 Å². The SMILES string of the molecule is C[Si](C)(/C=C/c1ccc(C(=O)c2ccccc2)cc1)[Si](C)(C)c1ccccc1. The highest BCUT2D eigenvalue weighted by molar-refractivity contribution is 7.47. The van der Waals surface area contributed by atoms with E-state index in [4.69, 9.17) is 0 Å². The molecule has 0 aromatic heterocycles. The van der Waals surface area contributed by atoms with E-state index in [0.717, 1.165) is 16.7 Å². The highest BCUT2D eigenvalue weighted by Crippen LogP contribution is 2.22. The van der Waals surface area contributed by atoms with Crippen LogP contribution < -0.4 is 5.19 Å². The van der Waals surface area contributed by atoms with Crippen LogP contribution in [0.4, 0.5) is 0 Å². The summed E-state index contributed by atoms with van der Waals surface area (Å²) in [6.45, 7) is 9.91. The van der Waals surface area contributed by atoms with E-state index in [-0.39, 0.29) is 5.78 Å². The molecule has 0 N–H and O–H groups in total. The Morgan fingerprint density at radius 3 is 1.75 bits per heavy atom. The van der Waals surface area contributed by atoms with Crippen LogP contribution in [0.2, 0.25) is 26.2 Å². The van der Waals surface area contributed by atoms with E-state index in [0.29, 0.717) is 0 Å². The summed E-state index contributed by atoms with van der Waals surface area (Å²) in [4.78, 5) is 12.6. The molecular formula is C25H28OSi2. The Balaban J connectivity index is 1.78. The lowest BCUT2D eigenvalue weighted by Gasteiger charge is -2.36. The summed E-state index contributed by atoms with van der Waals surface area (Å²) in [5, 5.41) is 1.53. The van der Waals surface area contributed by atoms with Crippen molar-refractivity contribution >= 4 is 32.2 Å². The monoisotopic (exact) mass is 400 g/mol. The first-order valence-corrected chi connectivity index (χ1v) is 16.8. The van der Waals surface area contributed by atoms with Gasteiger partial charge in [0.1, 0.15) is 0 Å². The number of benzene rings is 3. The fourth-order valence-corrected chi connectivity index (χ4v) is 10.3. The van der Waals surface area contributed by atoms with E-state index in [1.807, 2.05) is 54.6 Å². The molecule has 0 heterocycles. The van der Waals surface area contributed by atoms with Crippen molar-refractivity contribution < 1.29 is 4.79 Å². The van der Waals surface area contributed by atoms with Crippen LogP contribution in [0.3, 0.4) is 0 Å². The third-order valence-corrected chi connectivity index (χ3v) is 23.0. The molecule has 0 saturated carbocycles. The van der Waals surface area contributed by atoms with Crippen LogP contribution in [-0.4, -0.2) is 21.0 Å². The highest BCUT2D eigenvalue weighted by Gasteiger charge is 2.40. The van der Waals surface area contributed by atoms with Crippen LogP contribution in [0.5, 0.6) is 0 Å². The smallest absolute Gasteiger partial charge is 0.193 e. The molecule has 0 spiro atoms. The van der Waals surface area contributed by atoms with E-state index in [2.05, 4.69) is 68.3 Å². The minimum absolute atomic E-state index is 0.0726. The van der Waals surface area contributed by atoms with E-state index in [9.17, 15) is 4.79 Å². The van der Waals surface area contributed by atoms with Gasteiger partial charge in [0, 0.05) is 11.1 Å². The Bertz CT molecular complexity index is 956. The van der Waals surface area contributed by atoms with E-state index in [1.165, 1.54) is 5.19 Å². The summed E-state index contributed by atoms with van der Waals surface area (Å²) < 4.78 is 0. The average molecular weight is 401 g/mol. The summed E-state index contributed by atoms with van der Waals surface area (Å²) in [7, 11) is -3.09. The van der Waals surface area contributed by atoms with Gasteiger partial charge < -0.3 is 0 Å². The molecule has 0 aliphatic carbocycles. The molecule has 3 aromatic rings. The summed E-state index contributed by atoms with van der Waals surface area (Å²) in [6, 6.07) is 28.4. The van der Waals surface area contributed by atoms with Gasteiger partial charge in [-0.3, -0.25) is 4.79 Å². The number of carbonyl (C=O) groups excluding carboxylic acids is 1. The number of hydrogen-bond donors (Lipinski definition) is 0. The highest BCUT2D eigenvalue weighted by atomic mass is 29.3. The molecule has 0 radical (unpaired) electrons. The predicted molar refractivity (Wildman–Crippen MR) is 126 cm³/mol. The Hall–Kier alpha value is -2.50. The quantitative estimate of drug-likeness (QED) is 0.373. The molecule has 28 heavy (non-hydrogen) atoms. The van der Waals surface area contributed by atoms with Crippen molar-refractivity contribution in [3.63, 3.8) is 0 Å². The van der Waals surface area contributed by atoms with Gasteiger partial charge in [-0.2, -0.15) is 0 Å². The average Bonchev–Trinajstić information content (AvgIpc) is 2.73. The molecule has 0 fully saturated rings.